The van der Waals surface area contributed by atoms with Gasteiger partial charge < -0.3 is 9.84 Å². The third-order valence-corrected chi connectivity index (χ3v) is 2.94. The Labute approximate surface area is 116 Å². The molecule has 4 nitrogen and oxygen atoms in total. The number of halogens is 2. The Morgan fingerprint density at radius 2 is 2.17 bits per heavy atom. The van der Waals surface area contributed by atoms with Gasteiger partial charge in [0.05, 0.1) is 4.47 Å². The fourth-order valence-corrected chi connectivity index (χ4v) is 1.81. The van der Waals surface area contributed by atoms with Crippen molar-refractivity contribution < 1.29 is 14.6 Å². The van der Waals surface area contributed by atoms with Gasteiger partial charge in [-0.3, -0.25) is 0 Å². The van der Waals surface area contributed by atoms with E-state index in [1.807, 2.05) is 0 Å². The lowest BCUT2D eigenvalue weighted by atomic mass is 10.2. The number of benzene rings is 1. The quantitative estimate of drug-likeness (QED) is 0.925. The van der Waals surface area contributed by atoms with Gasteiger partial charge >= 0.3 is 5.97 Å². The monoisotopic (exact) mass is 327 g/mol. The third-order valence-electron chi connectivity index (χ3n) is 2.11. The summed E-state index contributed by atoms with van der Waals surface area (Å²) in [5.41, 5.74) is 0.0250. The predicted molar refractivity (Wildman–Crippen MR) is 70.4 cm³/mol. The number of carboxylic acids is 1. The molecule has 0 bridgehead atoms. The Balaban J connectivity index is 2.42. The molecule has 2 aromatic rings. The van der Waals surface area contributed by atoms with Crippen LogP contribution < -0.4 is 4.74 Å². The molecule has 0 amide bonds. The maximum absolute atomic E-state index is 11.1. The second-order valence-electron chi connectivity index (χ2n) is 3.34. The molecule has 1 aromatic heterocycles. The van der Waals surface area contributed by atoms with Gasteiger partial charge in [0.25, 0.3) is 0 Å². The molecule has 2 rings (SSSR count). The van der Waals surface area contributed by atoms with Crippen LogP contribution in [0.5, 0.6) is 11.6 Å². The zero-order valence-corrected chi connectivity index (χ0v) is 11.3. The second kappa shape index (κ2) is 5.37. The molecule has 92 valence electrons. The first kappa shape index (κ1) is 12.9. The minimum absolute atomic E-state index is 0.0250. The first-order valence-electron chi connectivity index (χ1n) is 4.89. The lowest BCUT2D eigenvalue weighted by Crippen LogP contribution is -2.00. The van der Waals surface area contributed by atoms with E-state index in [0.29, 0.717) is 9.50 Å². The minimum Gasteiger partial charge on any atom is -0.478 e. The predicted octanol–water partition coefficient (Wildman–Crippen LogP) is 3.99. The van der Waals surface area contributed by atoms with Crippen LogP contribution in [0, 0.1) is 0 Å². The van der Waals surface area contributed by atoms with Crippen molar-refractivity contribution in [1.82, 2.24) is 4.98 Å². The van der Waals surface area contributed by atoms with Crippen molar-refractivity contribution in [3.8, 4) is 11.6 Å². The highest BCUT2D eigenvalue weighted by molar-refractivity contribution is 9.10. The zero-order valence-electron chi connectivity index (χ0n) is 8.93. The number of rotatable bonds is 3. The van der Waals surface area contributed by atoms with Gasteiger partial charge in [-0.15, -0.1) is 0 Å². The van der Waals surface area contributed by atoms with E-state index >= 15 is 0 Å². The Hall–Kier alpha value is -1.59. The van der Waals surface area contributed by atoms with Crippen LogP contribution in [0.2, 0.25) is 5.02 Å². The first-order chi connectivity index (χ1) is 8.58. The molecular weight excluding hydrogens is 321 g/mol. The van der Waals surface area contributed by atoms with Gasteiger partial charge in [0.2, 0.25) is 5.88 Å². The van der Waals surface area contributed by atoms with Crippen molar-refractivity contribution in [2.24, 2.45) is 0 Å². The molecule has 0 aliphatic carbocycles. The van der Waals surface area contributed by atoms with Gasteiger partial charge in [-0.2, -0.15) is 0 Å². The molecule has 0 unspecified atom stereocenters. The van der Waals surface area contributed by atoms with Crippen molar-refractivity contribution in [1.29, 1.82) is 0 Å². The first-order valence-corrected chi connectivity index (χ1v) is 6.06. The van der Waals surface area contributed by atoms with Crippen LogP contribution >= 0.6 is 27.5 Å². The fraction of sp³-hybridized carbons (Fsp3) is 0. The van der Waals surface area contributed by atoms with Crippen LogP contribution in [0.1, 0.15) is 10.4 Å². The highest BCUT2D eigenvalue weighted by Gasteiger charge is 2.14. The highest BCUT2D eigenvalue weighted by atomic mass is 79.9. The Kier molecular flexibility index (Phi) is 3.84. The van der Waals surface area contributed by atoms with Gasteiger partial charge in [0, 0.05) is 17.3 Å². The summed E-state index contributed by atoms with van der Waals surface area (Å²) < 4.78 is 6.09. The maximum atomic E-state index is 11.1. The van der Waals surface area contributed by atoms with E-state index in [0.717, 1.165) is 0 Å². The maximum Gasteiger partial charge on any atom is 0.339 e. The van der Waals surface area contributed by atoms with E-state index in [-0.39, 0.29) is 17.2 Å². The summed E-state index contributed by atoms with van der Waals surface area (Å²) in [6, 6.07) is 7.79. The van der Waals surface area contributed by atoms with Gasteiger partial charge in [-0.05, 0) is 40.2 Å². The number of carbonyl (C=O) groups is 1. The molecule has 0 spiro atoms. The molecule has 6 heteroatoms. The minimum atomic E-state index is -1.09. The molecule has 18 heavy (non-hydrogen) atoms. The van der Waals surface area contributed by atoms with Crippen molar-refractivity contribution in [3.63, 3.8) is 0 Å². The summed E-state index contributed by atoms with van der Waals surface area (Å²) in [6.07, 6.45) is 1.55. The largest absolute Gasteiger partial charge is 0.478 e. The number of ether oxygens (including phenoxy) is 1. The highest BCUT2D eigenvalue weighted by Crippen LogP contribution is 2.31. The van der Waals surface area contributed by atoms with Crippen LogP contribution in [-0.4, -0.2) is 16.1 Å². The summed E-state index contributed by atoms with van der Waals surface area (Å²) in [4.78, 5) is 15.1. The Morgan fingerprint density at radius 1 is 1.39 bits per heavy atom. The lowest BCUT2D eigenvalue weighted by molar-refractivity contribution is 0.0694. The molecule has 0 aliphatic heterocycles. The molecule has 0 saturated carbocycles. The van der Waals surface area contributed by atoms with Gasteiger partial charge in [-0.25, -0.2) is 9.78 Å². The summed E-state index contributed by atoms with van der Waals surface area (Å²) in [6.45, 7) is 0. The number of aromatic nitrogens is 1. The Bertz CT molecular complexity index is 604. The van der Waals surface area contributed by atoms with Crippen LogP contribution in [0.3, 0.4) is 0 Å². The van der Waals surface area contributed by atoms with E-state index in [9.17, 15) is 4.79 Å². The van der Waals surface area contributed by atoms with Crippen LogP contribution in [0.15, 0.2) is 41.0 Å². The van der Waals surface area contributed by atoms with Gasteiger partial charge in [0.15, 0.2) is 0 Å². The third kappa shape index (κ3) is 2.80. The SMILES string of the molecule is O=C(O)c1ccc(Cl)cc1Oc1ncccc1Br. The smallest absolute Gasteiger partial charge is 0.339 e. The van der Waals surface area contributed by atoms with Crippen molar-refractivity contribution in [3.05, 3.63) is 51.6 Å². The number of nitrogens with zero attached hydrogens (tertiary/aromatic N) is 1. The van der Waals surface area contributed by atoms with E-state index in [1.54, 1.807) is 18.3 Å². The molecule has 1 N–H and O–H groups in total. The zero-order chi connectivity index (χ0) is 13.1. The average Bonchev–Trinajstić information content (AvgIpc) is 2.32. The molecule has 0 radical (unpaired) electrons. The second-order valence-corrected chi connectivity index (χ2v) is 4.63. The Morgan fingerprint density at radius 3 is 2.83 bits per heavy atom. The number of hydrogen-bond acceptors (Lipinski definition) is 3. The van der Waals surface area contributed by atoms with E-state index < -0.39 is 5.97 Å². The summed E-state index contributed by atoms with van der Waals surface area (Å²) in [5.74, 6) is -0.662. The number of pyridine rings is 1. The molecule has 0 atom stereocenters. The molecule has 0 aliphatic rings. The normalized spacial score (nSPS) is 10.1. The molecule has 0 fully saturated rings. The fourth-order valence-electron chi connectivity index (χ4n) is 1.31. The van der Waals surface area contributed by atoms with Crippen molar-refractivity contribution in [2.75, 3.05) is 0 Å². The molecule has 1 aromatic carbocycles. The number of aromatic carboxylic acids is 1. The molecular formula is C12H7BrClNO3. The van der Waals surface area contributed by atoms with Crippen molar-refractivity contribution >= 4 is 33.5 Å². The van der Waals surface area contributed by atoms with E-state index in [2.05, 4.69) is 20.9 Å². The summed E-state index contributed by atoms with van der Waals surface area (Å²) >= 11 is 9.09. The lowest BCUT2D eigenvalue weighted by Gasteiger charge is -2.09. The number of carboxylic acid groups (broad SMARTS) is 1. The summed E-state index contributed by atoms with van der Waals surface area (Å²) in [5, 5.41) is 9.44. The summed E-state index contributed by atoms with van der Waals surface area (Å²) in [7, 11) is 0. The van der Waals surface area contributed by atoms with Gasteiger partial charge in [-0.1, -0.05) is 11.6 Å². The number of hydrogen-bond donors (Lipinski definition) is 1. The van der Waals surface area contributed by atoms with Crippen LogP contribution in [0.4, 0.5) is 0 Å². The topological polar surface area (TPSA) is 59.4 Å². The van der Waals surface area contributed by atoms with E-state index in [1.165, 1.54) is 18.2 Å². The van der Waals surface area contributed by atoms with Gasteiger partial charge in [0.1, 0.15) is 11.3 Å². The average molecular weight is 329 g/mol. The standard InChI is InChI=1S/C12H7BrClNO3/c13-9-2-1-5-15-11(9)18-10-6-7(14)3-4-8(10)12(16)17/h1-6H,(H,16,17). The molecule has 0 saturated heterocycles. The van der Waals surface area contributed by atoms with Crippen LogP contribution in [0.25, 0.3) is 0 Å². The van der Waals surface area contributed by atoms with Crippen LogP contribution in [-0.2, 0) is 0 Å². The van der Waals surface area contributed by atoms with E-state index in [4.69, 9.17) is 21.4 Å². The van der Waals surface area contributed by atoms with Crippen molar-refractivity contribution in [2.45, 2.75) is 0 Å². The molecule has 1 heterocycles.